The standard InChI is InChI=1S/C22H20N2O3S/c1-27-19-8-5-16(6-9-19)21(25)23-18-7-4-15-10-11-24(14-17(15)13-18)22(26)20-3-2-12-28-20/h2-9,12-13H,10-11,14H2,1H3,(H,23,25). The smallest absolute Gasteiger partial charge is 0.264 e. The van der Waals surface area contributed by atoms with Crippen LogP contribution < -0.4 is 10.1 Å². The van der Waals surface area contributed by atoms with Crippen LogP contribution in [0.3, 0.4) is 0 Å². The lowest BCUT2D eigenvalue weighted by atomic mass is 9.98. The molecule has 0 aliphatic carbocycles. The lowest BCUT2D eigenvalue weighted by Gasteiger charge is -2.29. The zero-order valence-corrected chi connectivity index (χ0v) is 16.3. The summed E-state index contributed by atoms with van der Waals surface area (Å²) in [5.41, 5.74) is 3.58. The van der Waals surface area contributed by atoms with Gasteiger partial charge in [-0.05, 0) is 65.4 Å². The molecule has 0 saturated heterocycles. The molecule has 0 saturated carbocycles. The monoisotopic (exact) mass is 392 g/mol. The van der Waals surface area contributed by atoms with Gasteiger partial charge in [0.2, 0.25) is 0 Å². The third-order valence-electron chi connectivity index (χ3n) is 4.85. The van der Waals surface area contributed by atoms with Gasteiger partial charge in [0.1, 0.15) is 5.75 Å². The maximum Gasteiger partial charge on any atom is 0.264 e. The molecule has 2 aromatic carbocycles. The molecule has 4 rings (SSSR count). The second-order valence-corrected chi connectivity index (χ2v) is 7.57. The summed E-state index contributed by atoms with van der Waals surface area (Å²) in [6.07, 6.45) is 0.819. The van der Waals surface area contributed by atoms with Gasteiger partial charge in [0.15, 0.2) is 0 Å². The molecule has 6 heteroatoms. The van der Waals surface area contributed by atoms with Gasteiger partial charge in [-0.15, -0.1) is 11.3 Å². The molecule has 1 aromatic heterocycles. The average Bonchev–Trinajstić information content (AvgIpc) is 3.27. The maximum atomic E-state index is 12.6. The van der Waals surface area contributed by atoms with E-state index in [1.165, 1.54) is 16.9 Å². The van der Waals surface area contributed by atoms with E-state index in [0.29, 0.717) is 24.4 Å². The number of nitrogens with one attached hydrogen (secondary N) is 1. The summed E-state index contributed by atoms with van der Waals surface area (Å²) in [4.78, 5) is 27.7. The molecular weight excluding hydrogens is 372 g/mol. The van der Waals surface area contributed by atoms with Crippen LogP contribution in [-0.2, 0) is 13.0 Å². The fourth-order valence-corrected chi connectivity index (χ4v) is 4.00. The molecule has 5 nitrogen and oxygen atoms in total. The summed E-state index contributed by atoms with van der Waals surface area (Å²) >= 11 is 1.46. The van der Waals surface area contributed by atoms with Crippen LogP contribution in [-0.4, -0.2) is 30.4 Å². The fourth-order valence-electron chi connectivity index (χ4n) is 3.31. The zero-order chi connectivity index (χ0) is 19.5. The molecule has 3 aromatic rings. The van der Waals surface area contributed by atoms with Crippen LogP contribution in [0.15, 0.2) is 60.0 Å². The van der Waals surface area contributed by atoms with Gasteiger partial charge in [0.25, 0.3) is 11.8 Å². The summed E-state index contributed by atoms with van der Waals surface area (Å²) in [5, 5.41) is 4.85. The molecular formula is C22H20N2O3S. The minimum Gasteiger partial charge on any atom is -0.497 e. The first-order chi connectivity index (χ1) is 13.6. The molecule has 142 valence electrons. The number of rotatable bonds is 4. The van der Waals surface area contributed by atoms with Crippen molar-refractivity contribution in [3.63, 3.8) is 0 Å². The van der Waals surface area contributed by atoms with Crippen LogP contribution >= 0.6 is 11.3 Å². The van der Waals surface area contributed by atoms with Gasteiger partial charge in [-0.25, -0.2) is 0 Å². The van der Waals surface area contributed by atoms with E-state index >= 15 is 0 Å². The quantitative estimate of drug-likeness (QED) is 0.724. The first-order valence-corrected chi connectivity index (χ1v) is 9.92. The van der Waals surface area contributed by atoms with E-state index in [1.807, 2.05) is 40.6 Å². The summed E-state index contributed by atoms with van der Waals surface area (Å²) in [6, 6.07) is 16.6. The Hall–Kier alpha value is -3.12. The Kier molecular flexibility index (Phi) is 5.12. The summed E-state index contributed by atoms with van der Waals surface area (Å²) < 4.78 is 5.12. The highest BCUT2D eigenvalue weighted by Crippen LogP contribution is 2.25. The van der Waals surface area contributed by atoms with E-state index in [2.05, 4.69) is 5.32 Å². The average molecular weight is 392 g/mol. The number of nitrogens with zero attached hydrogens (tertiary/aromatic N) is 1. The van der Waals surface area contributed by atoms with Crippen LogP contribution in [0.5, 0.6) is 5.75 Å². The van der Waals surface area contributed by atoms with Gasteiger partial charge in [0.05, 0.1) is 12.0 Å². The van der Waals surface area contributed by atoms with Gasteiger partial charge < -0.3 is 15.0 Å². The third-order valence-corrected chi connectivity index (χ3v) is 5.71. The van der Waals surface area contributed by atoms with E-state index in [-0.39, 0.29) is 11.8 Å². The van der Waals surface area contributed by atoms with Crippen molar-refractivity contribution in [2.24, 2.45) is 0 Å². The number of thiophene rings is 1. The Morgan fingerprint density at radius 2 is 1.89 bits per heavy atom. The maximum absolute atomic E-state index is 12.6. The number of anilines is 1. The van der Waals surface area contributed by atoms with Gasteiger partial charge >= 0.3 is 0 Å². The molecule has 28 heavy (non-hydrogen) atoms. The molecule has 0 fully saturated rings. The number of hydrogen-bond acceptors (Lipinski definition) is 4. The topological polar surface area (TPSA) is 58.6 Å². The molecule has 2 heterocycles. The van der Waals surface area contributed by atoms with E-state index in [9.17, 15) is 9.59 Å². The molecule has 0 spiro atoms. The molecule has 1 aliphatic heterocycles. The molecule has 0 unspecified atom stereocenters. The van der Waals surface area contributed by atoms with Crippen LogP contribution in [0.4, 0.5) is 5.69 Å². The molecule has 1 N–H and O–H groups in total. The summed E-state index contributed by atoms with van der Waals surface area (Å²) in [5.74, 6) is 0.596. The van der Waals surface area contributed by atoms with Gasteiger partial charge in [0, 0.05) is 24.3 Å². The van der Waals surface area contributed by atoms with Crippen molar-refractivity contribution in [3.05, 3.63) is 81.5 Å². The molecule has 0 bridgehead atoms. The van der Waals surface area contributed by atoms with Crippen molar-refractivity contribution in [1.29, 1.82) is 0 Å². The van der Waals surface area contributed by atoms with E-state index in [0.717, 1.165) is 22.5 Å². The predicted molar refractivity (Wildman–Crippen MR) is 110 cm³/mol. The fraction of sp³-hybridized carbons (Fsp3) is 0.182. The van der Waals surface area contributed by atoms with E-state index in [1.54, 1.807) is 31.4 Å². The van der Waals surface area contributed by atoms with Crippen molar-refractivity contribution >= 4 is 28.8 Å². The van der Waals surface area contributed by atoms with Crippen molar-refractivity contribution < 1.29 is 14.3 Å². The predicted octanol–water partition coefficient (Wildman–Crippen LogP) is 4.21. The van der Waals surface area contributed by atoms with Crippen LogP contribution in [0, 0.1) is 0 Å². The lowest BCUT2D eigenvalue weighted by molar-refractivity contribution is 0.0739. The lowest BCUT2D eigenvalue weighted by Crippen LogP contribution is -2.35. The van der Waals surface area contributed by atoms with Gasteiger partial charge in [-0.3, -0.25) is 9.59 Å². The highest BCUT2D eigenvalue weighted by molar-refractivity contribution is 7.12. The van der Waals surface area contributed by atoms with Crippen LogP contribution in [0.25, 0.3) is 0 Å². The molecule has 1 aliphatic rings. The number of fused-ring (bicyclic) bond motifs is 1. The second kappa shape index (κ2) is 7.86. The number of methoxy groups -OCH3 is 1. The number of amides is 2. The van der Waals surface area contributed by atoms with E-state index < -0.39 is 0 Å². The molecule has 2 amide bonds. The van der Waals surface area contributed by atoms with Crippen LogP contribution in [0.2, 0.25) is 0 Å². The Morgan fingerprint density at radius 1 is 1.07 bits per heavy atom. The van der Waals surface area contributed by atoms with Crippen molar-refractivity contribution in [2.75, 3.05) is 19.0 Å². The summed E-state index contributed by atoms with van der Waals surface area (Å²) in [7, 11) is 1.59. The van der Waals surface area contributed by atoms with Gasteiger partial charge in [-0.2, -0.15) is 0 Å². The minimum absolute atomic E-state index is 0.0633. The molecule has 0 radical (unpaired) electrons. The Bertz CT molecular complexity index is 997. The number of hydrogen-bond donors (Lipinski definition) is 1. The number of carbonyl (C=O) groups is 2. The van der Waals surface area contributed by atoms with Gasteiger partial charge in [-0.1, -0.05) is 12.1 Å². The second-order valence-electron chi connectivity index (χ2n) is 6.62. The van der Waals surface area contributed by atoms with Crippen LogP contribution in [0.1, 0.15) is 31.2 Å². The first-order valence-electron chi connectivity index (χ1n) is 9.04. The largest absolute Gasteiger partial charge is 0.497 e. The number of benzene rings is 2. The highest BCUT2D eigenvalue weighted by Gasteiger charge is 2.22. The Balaban J connectivity index is 1.48. The van der Waals surface area contributed by atoms with E-state index in [4.69, 9.17) is 4.74 Å². The third kappa shape index (κ3) is 3.77. The minimum atomic E-state index is -0.176. The summed E-state index contributed by atoms with van der Waals surface area (Å²) in [6.45, 7) is 1.26. The van der Waals surface area contributed by atoms with Crippen molar-refractivity contribution in [3.8, 4) is 5.75 Å². The zero-order valence-electron chi connectivity index (χ0n) is 15.5. The number of carbonyl (C=O) groups excluding carboxylic acids is 2. The SMILES string of the molecule is COc1ccc(C(=O)Nc2ccc3c(c2)CN(C(=O)c2cccs2)CC3)cc1. The van der Waals surface area contributed by atoms with Crippen molar-refractivity contribution in [1.82, 2.24) is 4.90 Å². The van der Waals surface area contributed by atoms with Crippen molar-refractivity contribution in [2.45, 2.75) is 13.0 Å². The Morgan fingerprint density at radius 3 is 2.61 bits per heavy atom. The number of ether oxygens (including phenoxy) is 1. The highest BCUT2D eigenvalue weighted by atomic mass is 32.1. The Labute approximate surface area is 167 Å². The molecule has 0 atom stereocenters. The first kappa shape index (κ1) is 18.3. The normalized spacial score (nSPS) is 13.0.